The second kappa shape index (κ2) is 6.85. The van der Waals surface area contributed by atoms with E-state index in [9.17, 15) is 0 Å². The highest BCUT2D eigenvalue weighted by Crippen LogP contribution is 2.15. The van der Waals surface area contributed by atoms with Gasteiger partial charge in [-0.05, 0) is 45.2 Å². The van der Waals surface area contributed by atoms with Gasteiger partial charge in [0.15, 0.2) is 5.82 Å². The minimum atomic E-state index is 0.239. The molecule has 1 aromatic rings. The smallest absolute Gasteiger partial charge is 0.226 e. The maximum Gasteiger partial charge on any atom is 0.226 e. The molecule has 0 saturated carbocycles. The van der Waals surface area contributed by atoms with E-state index in [0.717, 1.165) is 44.1 Å². The minimum Gasteiger partial charge on any atom is -0.382 e. The molecule has 1 aromatic heterocycles. The highest BCUT2D eigenvalue weighted by Gasteiger charge is 2.17. The Hall–Kier alpha value is -0.940. The maximum atomic E-state index is 5.26. The van der Waals surface area contributed by atoms with Crippen LogP contribution in [0, 0.1) is 5.92 Å². The van der Waals surface area contributed by atoms with Gasteiger partial charge in [-0.2, -0.15) is 4.98 Å². The summed E-state index contributed by atoms with van der Waals surface area (Å²) in [6.07, 6.45) is 5.39. The van der Waals surface area contributed by atoms with Gasteiger partial charge in [-0.3, -0.25) is 0 Å². The van der Waals surface area contributed by atoms with Crippen LogP contribution in [0.3, 0.4) is 0 Å². The molecule has 2 heterocycles. The van der Waals surface area contributed by atoms with Gasteiger partial charge in [-0.1, -0.05) is 5.16 Å². The summed E-state index contributed by atoms with van der Waals surface area (Å²) in [5.74, 6) is 2.24. The molecular weight excluding hydrogens is 230 g/mol. The molecule has 0 spiro atoms. The molecule has 102 valence electrons. The Morgan fingerprint density at radius 2 is 2.44 bits per heavy atom. The highest BCUT2D eigenvalue weighted by atomic mass is 16.5. The fourth-order valence-corrected chi connectivity index (χ4v) is 2.28. The van der Waals surface area contributed by atoms with E-state index >= 15 is 0 Å². The van der Waals surface area contributed by atoms with Crippen LogP contribution in [0.15, 0.2) is 4.52 Å². The summed E-state index contributed by atoms with van der Waals surface area (Å²) in [5.41, 5.74) is 0. The predicted octanol–water partition coefficient (Wildman–Crippen LogP) is 1.58. The third-order valence-electron chi connectivity index (χ3n) is 3.55. The molecule has 1 aliphatic rings. The van der Waals surface area contributed by atoms with Crippen molar-refractivity contribution in [3.63, 3.8) is 0 Å². The molecule has 1 fully saturated rings. The largest absolute Gasteiger partial charge is 0.382 e. The Labute approximate surface area is 108 Å². The van der Waals surface area contributed by atoms with Crippen molar-refractivity contribution in [1.82, 2.24) is 15.5 Å². The lowest BCUT2D eigenvalue weighted by Crippen LogP contribution is -2.31. The van der Waals surface area contributed by atoms with Gasteiger partial charge in [0, 0.05) is 20.0 Å². The second-order valence-corrected chi connectivity index (χ2v) is 5.11. The molecule has 0 amide bonds. The molecule has 1 saturated heterocycles. The van der Waals surface area contributed by atoms with E-state index in [2.05, 4.69) is 15.5 Å². The monoisotopic (exact) mass is 253 g/mol. The van der Waals surface area contributed by atoms with Crippen molar-refractivity contribution in [2.45, 2.75) is 45.1 Å². The molecule has 0 aromatic carbocycles. The lowest BCUT2D eigenvalue weighted by molar-refractivity contribution is 0.109. The molecule has 1 aliphatic heterocycles. The summed E-state index contributed by atoms with van der Waals surface area (Å²) < 4.78 is 10.5. The fraction of sp³-hybridized carbons (Fsp3) is 0.846. The molecule has 2 atom stereocenters. The first-order chi connectivity index (χ1) is 8.78. The maximum absolute atomic E-state index is 5.26. The summed E-state index contributed by atoms with van der Waals surface area (Å²) in [6, 6.07) is 0. The number of nitrogens with zero attached hydrogens (tertiary/aromatic N) is 2. The Balaban J connectivity index is 1.78. The number of methoxy groups -OCH3 is 1. The average Bonchev–Trinajstić information content (AvgIpc) is 2.85. The summed E-state index contributed by atoms with van der Waals surface area (Å²) in [7, 11) is 1.72. The number of rotatable bonds is 6. The van der Waals surface area contributed by atoms with Gasteiger partial charge >= 0.3 is 0 Å². The van der Waals surface area contributed by atoms with Crippen molar-refractivity contribution < 1.29 is 9.26 Å². The van der Waals surface area contributed by atoms with Crippen LogP contribution in [0.5, 0.6) is 0 Å². The van der Waals surface area contributed by atoms with Crippen molar-refractivity contribution in [3.05, 3.63) is 11.7 Å². The molecule has 5 heteroatoms. The SMILES string of the molecule is COC(C)CCc1nc(CC2CCCNC2)no1. The number of aryl methyl sites for hydroxylation is 1. The number of nitrogens with one attached hydrogen (secondary N) is 1. The van der Waals surface area contributed by atoms with Crippen LogP contribution in [0.1, 0.15) is 37.9 Å². The topological polar surface area (TPSA) is 60.2 Å². The molecule has 1 N–H and O–H groups in total. The first-order valence-corrected chi connectivity index (χ1v) is 6.83. The van der Waals surface area contributed by atoms with Gasteiger partial charge in [0.1, 0.15) is 0 Å². The first kappa shape index (κ1) is 13.5. The molecular formula is C13H23N3O2. The van der Waals surface area contributed by atoms with E-state index in [4.69, 9.17) is 9.26 Å². The Morgan fingerprint density at radius 3 is 3.17 bits per heavy atom. The van der Waals surface area contributed by atoms with Crippen LogP contribution in [-0.4, -0.2) is 36.4 Å². The van der Waals surface area contributed by atoms with Gasteiger partial charge in [-0.25, -0.2) is 0 Å². The predicted molar refractivity (Wildman–Crippen MR) is 68.4 cm³/mol. The van der Waals surface area contributed by atoms with E-state index < -0.39 is 0 Å². The number of ether oxygens (including phenoxy) is 1. The lowest BCUT2D eigenvalue weighted by atomic mass is 9.96. The van der Waals surface area contributed by atoms with E-state index in [1.54, 1.807) is 7.11 Å². The quantitative estimate of drug-likeness (QED) is 0.834. The zero-order chi connectivity index (χ0) is 12.8. The number of hydrogen-bond donors (Lipinski definition) is 1. The minimum absolute atomic E-state index is 0.239. The average molecular weight is 253 g/mol. The number of aromatic nitrogens is 2. The van der Waals surface area contributed by atoms with Crippen molar-refractivity contribution in [2.24, 2.45) is 5.92 Å². The number of hydrogen-bond acceptors (Lipinski definition) is 5. The summed E-state index contributed by atoms with van der Waals surface area (Å²) in [5, 5.41) is 7.47. The molecule has 0 aliphatic carbocycles. The molecule has 5 nitrogen and oxygen atoms in total. The third-order valence-corrected chi connectivity index (χ3v) is 3.55. The molecule has 2 unspecified atom stereocenters. The van der Waals surface area contributed by atoms with Gasteiger partial charge in [0.2, 0.25) is 5.89 Å². The summed E-state index contributed by atoms with van der Waals surface area (Å²) in [6.45, 7) is 4.26. The molecule has 0 bridgehead atoms. The molecule has 2 rings (SSSR count). The van der Waals surface area contributed by atoms with Gasteiger partial charge in [0.05, 0.1) is 6.10 Å². The first-order valence-electron chi connectivity index (χ1n) is 6.83. The zero-order valence-electron chi connectivity index (χ0n) is 11.3. The van der Waals surface area contributed by atoms with Crippen molar-refractivity contribution >= 4 is 0 Å². The van der Waals surface area contributed by atoms with Crippen LogP contribution >= 0.6 is 0 Å². The van der Waals surface area contributed by atoms with Gasteiger partial charge in [0.25, 0.3) is 0 Å². The zero-order valence-corrected chi connectivity index (χ0v) is 11.3. The van der Waals surface area contributed by atoms with E-state index in [1.165, 1.54) is 12.8 Å². The van der Waals surface area contributed by atoms with Crippen LogP contribution in [0.4, 0.5) is 0 Å². The van der Waals surface area contributed by atoms with Crippen LogP contribution in [0.25, 0.3) is 0 Å². The second-order valence-electron chi connectivity index (χ2n) is 5.11. The Bertz CT molecular complexity index is 348. The summed E-state index contributed by atoms with van der Waals surface area (Å²) in [4.78, 5) is 4.45. The highest BCUT2D eigenvalue weighted by molar-refractivity contribution is 4.90. The van der Waals surface area contributed by atoms with Crippen LogP contribution in [-0.2, 0) is 17.6 Å². The van der Waals surface area contributed by atoms with E-state index in [0.29, 0.717) is 5.92 Å². The van der Waals surface area contributed by atoms with Gasteiger partial charge in [-0.15, -0.1) is 0 Å². The van der Waals surface area contributed by atoms with Crippen LogP contribution < -0.4 is 5.32 Å². The van der Waals surface area contributed by atoms with Gasteiger partial charge < -0.3 is 14.6 Å². The fourth-order valence-electron chi connectivity index (χ4n) is 2.28. The Kier molecular flexibility index (Phi) is 5.13. The lowest BCUT2D eigenvalue weighted by Gasteiger charge is -2.20. The standard InChI is InChI=1S/C13H23N3O2/c1-10(17-2)5-6-13-15-12(16-18-13)8-11-4-3-7-14-9-11/h10-11,14H,3-9H2,1-2H3. The third kappa shape index (κ3) is 4.07. The van der Waals surface area contributed by atoms with Crippen molar-refractivity contribution in [1.29, 1.82) is 0 Å². The van der Waals surface area contributed by atoms with Crippen molar-refractivity contribution in [3.8, 4) is 0 Å². The van der Waals surface area contributed by atoms with Crippen LogP contribution in [0.2, 0.25) is 0 Å². The molecule has 0 radical (unpaired) electrons. The molecule has 18 heavy (non-hydrogen) atoms. The van der Waals surface area contributed by atoms with E-state index in [1.807, 2.05) is 6.92 Å². The Morgan fingerprint density at radius 1 is 1.56 bits per heavy atom. The van der Waals surface area contributed by atoms with E-state index in [-0.39, 0.29) is 6.10 Å². The normalized spacial score (nSPS) is 22.0. The van der Waals surface area contributed by atoms with Crippen molar-refractivity contribution in [2.75, 3.05) is 20.2 Å². The summed E-state index contributed by atoms with van der Waals surface area (Å²) >= 11 is 0. The number of piperidine rings is 1.